The maximum atomic E-state index is 14.7. The molecule has 4 rings (SSSR count). The summed E-state index contributed by atoms with van der Waals surface area (Å²) in [5.41, 5.74) is 1.96. The highest BCUT2D eigenvalue weighted by Crippen LogP contribution is 2.34. The number of benzene rings is 3. The fourth-order valence-electron chi connectivity index (χ4n) is 3.47. The van der Waals surface area contributed by atoms with Crippen LogP contribution in [-0.2, 0) is 28.9 Å². The van der Waals surface area contributed by atoms with Crippen molar-refractivity contribution >= 4 is 37.4 Å². The fourth-order valence-corrected chi connectivity index (χ4v) is 5.38. The molecule has 0 bridgehead atoms. The molecule has 0 spiro atoms. The van der Waals surface area contributed by atoms with Crippen molar-refractivity contribution in [3.05, 3.63) is 100 Å². The number of fused-ring (bicyclic) bond motifs is 1. The van der Waals surface area contributed by atoms with Crippen LogP contribution in [0.4, 0.5) is 4.39 Å². The number of sulfonamides is 1. The highest BCUT2D eigenvalue weighted by Gasteiger charge is 2.21. The third-order valence-corrected chi connectivity index (χ3v) is 7.77. The number of carbonyl (C=O) groups is 1. The van der Waals surface area contributed by atoms with E-state index in [2.05, 4.69) is 10.0 Å². The first kappa shape index (κ1) is 23.9. The predicted octanol–water partition coefficient (Wildman–Crippen LogP) is 4.60. The van der Waals surface area contributed by atoms with Crippen LogP contribution in [0.1, 0.15) is 26.4 Å². The van der Waals surface area contributed by atoms with Crippen molar-refractivity contribution < 1.29 is 22.3 Å². The number of thiophene rings is 1. The number of amides is 1. The maximum absolute atomic E-state index is 14.7. The molecule has 0 saturated carbocycles. The summed E-state index contributed by atoms with van der Waals surface area (Å²) >= 11 is 1.22. The molecule has 1 heterocycles. The van der Waals surface area contributed by atoms with Crippen molar-refractivity contribution in [2.45, 2.75) is 18.9 Å². The van der Waals surface area contributed by atoms with Crippen molar-refractivity contribution in [3.8, 4) is 5.75 Å². The smallest absolute Gasteiger partial charge is 0.262 e. The van der Waals surface area contributed by atoms with Crippen LogP contribution in [0.5, 0.6) is 5.75 Å². The zero-order chi connectivity index (χ0) is 24.1. The third kappa shape index (κ3) is 5.61. The molecular weight excluding hydrogens is 475 g/mol. The molecule has 0 fully saturated rings. The zero-order valence-electron chi connectivity index (χ0n) is 18.4. The summed E-state index contributed by atoms with van der Waals surface area (Å²) in [6.45, 7) is 0.302. The summed E-state index contributed by atoms with van der Waals surface area (Å²) in [6.07, 6.45) is 0. The topological polar surface area (TPSA) is 84.5 Å². The minimum atomic E-state index is -3.35. The van der Waals surface area contributed by atoms with E-state index in [4.69, 9.17) is 4.74 Å². The minimum Gasteiger partial charge on any atom is -0.489 e. The van der Waals surface area contributed by atoms with Crippen LogP contribution in [0.25, 0.3) is 10.1 Å². The Hall–Kier alpha value is -3.27. The van der Waals surface area contributed by atoms with Crippen LogP contribution in [-0.4, -0.2) is 21.4 Å². The lowest BCUT2D eigenvalue weighted by atomic mass is 10.1. The summed E-state index contributed by atoms with van der Waals surface area (Å²) < 4.78 is 46.8. The van der Waals surface area contributed by atoms with Crippen molar-refractivity contribution in [1.29, 1.82) is 0 Å². The van der Waals surface area contributed by atoms with E-state index in [0.717, 1.165) is 5.56 Å². The molecule has 1 aromatic heterocycles. The molecule has 0 saturated heterocycles. The maximum Gasteiger partial charge on any atom is 0.262 e. The molecule has 4 aromatic rings. The summed E-state index contributed by atoms with van der Waals surface area (Å²) in [5, 5.41) is 3.27. The van der Waals surface area contributed by atoms with E-state index < -0.39 is 15.8 Å². The minimum absolute atomic E-state index is 0.0579. The van der Waals surface area contributed by atoms with E-state index in [0.29, 0.717) is 31.8 Å². The Morgan fingerprint density at radius 2 is 1.68 bits per heavy atom. The molecule has 3 aromatic carbocycles. The lowest BCUT2D eigenvalue weighted by Crippen LogP contribution is -2.23. The number of para-hydroxylation sites is 1. The van der Waals surface area contributed by atoms with E-state index in [9.17, 15) is 17.6 Å². The van der Waals surface area contributed by atoms with E-state index in [1.807, 2.05) is 18.2 Å². The van der Waals surface area contributed by atoms with Crippen LogP contribution in [0.2, 0.25) is 0 Å². The lowest BCUT2D eigenvalue weighted by molar-refractivity contribution is 0.0953. The molecule has 176 valence electrons. The Bertz CT molecular complexity index is 1400. The Balaban J connectivity index is 1.51. The third-order valence-electron chi connectivity index (χ3n) is 5.24. The van der Waals surface area contributed by atoms with Crippen molar-refractivity contribution in [2.75, 3.05) is 7.05 Å². The number of nitrogens with one attached hydrogen (secondary N) is 2. The van der Waals surface area contributed by atoms with Gasteiger partial charge in [-0.25, -0.2) is 17.5 Å². The van der Waals surface area contributed by atoms with E-state index in [1.54, 1.807) is 48.5 Å². The number of carbonyl (C=O) groups excluding carboxylic acids is 1. The molecule has 6 nitrogen and oxygen atoms in total. The number of rotatable bonds is 9. The Labute approximate surface area is 201 Å². The van der Waals surface area contributed by atoms with Gasteiger partial charge < -0.3 is 10.1 Å². The quantitative estimate of drug-likeness (QED) is 0.353. The lowest BCUT2D eigenvalue weighted by Gasteiger charge is -2.10. The average Bonchev–Trinajstić information content (AvgIpc) is 3.22. The van der Waals surface area contributed by atoms with Gasteiger partial charge in [0.05, 0.1) is 10.6 Å². The van der Waals surface area contributed by atoms with Gasteiger partial charge in [0, 0.05) is 22.2 Å². The second-order valence-electron chi connectivity index (χ2n) is 7.59. The molecule has 0 radical (unpaired) electrons. The Morgan fingerprint density at radius 3 is 2.38 bits per heavy atom. The van der Waals surface area contributed by atoms with Gasteiger partial charge in [0.25, 0.3) is 5.91 Å². The number of halogens is 1. The summed E-state index contributed by atoms with van der Waals surface area (Å²) in [5.74, 6) is -0.209. The van der Waals surface area contributed by atoms with Gasteiger partial charge in [-0.2, -0.15) is 0 Å². The van der Waals surface area contributed by atoms with E-state index >= 15 is 0 Å². The van der Waals surface area contributed by atoms with Crippen LogP contribution < -0.4 is 14.8 Å². The van der Waals surface area contributed by atoms with Crippen LogP contribution in [0, 0.1) is 5.82 Å². The fraction of sp³-hybridized carbons (Fsp3) is 0.160. The summed E-state index contributed by atoms with van der Waals surface area (Å²) in [6, 6.07) is 20.9. The standard InChI is InChI=1S/C25H23FN2O4S2/c1-27-34(30,31)16-18-12-10-17(11-13-18)14-28-25(29)24-20(15-32-19-6-3-2-4-7-19)23-21(26)8-5-9-22(23)33-24/h2-13,27H,14-16H2,1H3,(H,28,29). The largest absolute Gasteiger partial charge is 0.489 e. The first-order valence-corrected chi connectivity index (χ1v) is 13.0. The average molecular weight is 499 g/mol. The van der Waals surface area contributed by atoms with Crippen molar-refractivity contribution in [3.63, 3.8) is 0 Å². The van der Waals surface area contributed by atoms with Crippen LogP contribution in [0.3, 0.4) is 0 Å². The van der Waals surface area contributed by atoms with Gasteiger partial charge in [-0.1, -0.05) is 48.5 Å². The van der Waals surface area contributed by atoms with Gasteiger partial charge in [0.2, 0.25) is 10.0 Å². The van der Waals surface area contributed by atoms with Gasteiger partial charge in [-0.3, -0.25) is 4.79 Å². The normalized spacial score (nSPS) is 11.5. The highest BCUT2D eigenvalue weighted by molar-refractivity contribution is 7.88. The molecule has 2 N–H and O–H groups in total. The second kappa shape index (κ2) is 10.3. The second-order valence-corrected chi connectivity index (χ2v) is 10.6. The zero-order valence-corrected chi connectivity index (χ0v) is 20.0. The van der Waals surface area contributed by atoms with Crippen molar-refractivity contribution in [2.24, 2.45) is 0 Å². The monoisotopic (exact) mass is 498 g/mol. The summed E-state index contributed by atoms with van der Waals surface area (Å²) in [7, 11) is -1.98. The highest BCUT2D eigenvalue weighted by atomic mass is 32.2. The molecular formula is C25H23FN2O4S2. The number of ether oxygens (including phenoxy) is 1. The molecule has 0 aliphatic carbocycles. The molecule has 1 amide bonds. The first-order chi connectivity index (χ1) is 16.4. The van der Waals surface area contributed by atoms with E-state index in [1.165, 1.54) is 24.5 Å². The molecule has 0 aliphatic rings. The summed E-state index contributed by atoms with van der Waals surface area (Å²) in [4.78, 5) is 13.5. The molecule has 34 heavy (non-hydrogen) atoms. The Morgan fingerprint density at radius 1 is 0.971 bits per heavy atom. The van der Waals surface area contributed by atoms with Gasteiger partial charge in [0.15, 0.2) is 0 Å². The molecule has 9 heteroatoms. The van der Waals surface area contributed by atoms with Crippen LogP contribution >= 0.6 is 11.3 Å². The Kier molecular flexibility index (Phi) is 7.26. The first-order valence-electron chi connectivity index (χ1n) is 10.5. The number of hydrogen-bond acceptors (Lipinski definition) is 5. The van der Waals surface area contributed by atoms with Gasteiger partial charge in [-0.15, -0.1) is 11.3 Å². The molecule has 0 aliphatic heterocycles. The molecule has 0 unspecified atom stereocenters. The van der Waals surface area contributed by atoms with Crippen LogP contribution in [0.15, 0.2) is 72.8 Å². The van der Waals surface area contributed by atoms with Crippen molar-refractivity contribution in [1.82, 2.24) is 10.0 Å². The molecule has 0 atom stereocenters. The van der Waals surface area contributed by atoms with Gasteiger partial charge in [-0.05, 0) is 42.4 Å². The predicted molar refractivity (Wildman–Crippen MR) is 132 cm³/mol. The SMILES string of the molecule is CNS(=O)(=O)Cc1ccc(CNC(=O)c2sc3cccc(F)c3c2COc2ccccc2)cc1. The van der Waals surface area contributed by atoms with Gasteiger partial charge >= 0.3 is 0 Å². The van der Waals surface area contributed by atoms with Gasteiger partial charge in [0.1, 0.15) is 18.2 Å². The van der Waals surface area contributed by atoms with E-state index in [-0.39, 0.29) is 24.8 Å². The number of hydrogen-bond donors (Lipinski definition) is 2.